The highest BCUT2D eigenvalue weighted by Crippen LogP contribution is 2.10. The minimum absolute atomic E-state index is 0.0180. The third-order valence-corrected chi connectivity index (χ3v) is 2.95. The summed E-state index contributed by atoms with van der Waals surface area (Å²) in [7, 11) is 0. The summed E-state index contributed by atoms with van der Waals surface area (Å²) in [5.74, 6) is 6.09. The molecule has 5 heteroatoms. The molecule has 0 aliphatic rings. The Morgan fingerprint density at radius 1 is 1.04 bits per heavy atom. The third kappa shape index (κ3) is 5.83. The van der Waals surface area contributed by atoms with E-state index >= 15 is 0 Å². The van der Waals surface area contributed by atoms with Gasteiger partial charge in [0.2, 0.25) is 0 Å². The van der Waals surface area contributed by atoms with Crippen LogP contribution in [0.4, 0.5) is 10.5 Å². The van der Waals surface area contributed by atoms with Crippen molar-refractivity contribution in [2.45, 2.75) is 6.10 Å². The first kappa shape index (κ1) is 16.6. The zero-order valence-electron chi connectivity index (χ0n) is 12.5. The molecule has 2 rings (SSSR count). The summed E-state index contributed by atoms with van der Waals surface area (Å²) in [6.07, 6.45) is -0.969. The van der Waals surface area contributed by atoms with E-state index in [-0.39, 0.29) is 6.54 Å². The van der Waals surface area contributed by atoms with Crippen molar-refractivity contribution in [1.29, 1.82) is 0 Å². The van der Waals surface area contributed by atoms with Crippen molar-refractivity contribution >= 4 is 11.7 Å². The summed E-state index contributed by atoms with van der Waals surface area (Å²) < 4.78 is 0. The maximum absolute atomic E-state index is 11.7. The highest BCUT2D eigenvalue weighted by molar-refractivity contribution is 5.89. The lowest BCUT2D eigenvalue weighted by atomic mass is 10.1. The van der Waals surface area contributed by atoms with Gasteiger partial charge >= 0.3 is 6.03 Å². The Hall–Kier alpha value is -2.81. The summed E-state index contributed by atoms with van der Waals surface area (Å²) >= 11 is 0. The number of nitrogens with one attached hydrogen (secondary N) is 2. The number of aliphatic hydroxyl groups is 2. The van der Waals surface area contributed by atoms with Crippen LogP contribution < -0.4 is 10.6 Å². The number of benzene rings is 2. The van der Waals surface area contributed by atoms with Crippen LogP contribution >= 0.6 is 0 Å². The van der Waals surface area contributed by atoms with Crippen molar-refractivity contribution in [2.24, 2.45) is 0 Å². The molecule has 23 heavy (non-hydrogen) atoms. The molecular formula is C18H18N2O3. The number of carbonyl (C=O) groups is 1. The van der Waals surface area contributed by atoms with Gasteiger partial charge in [-0.3, -0.25) is 0 Å². The summed E-state index contributed by atoms with van der Waals surface area (Å²) in [6, 6.07) is 16.3. The molecule has 2 aromatic rings. The fraction of sp³-hybridized carbons (Fsp3) is 0.167. The standard InChI is InChI=1S/C18H18N2O3/c21-13-17(22)12-19-18(23)20-16-8-4-7-15(11-16)10-9-14-5-2-1-3-6-14/h1-8,11,17,21-22H,12-13H2,(H2,19,20,23). The summed E-state index contributed by atoms with van der Waals surface area (Å²) in [6.45, 7) is -0.416. The van der Waals surface area contributed by atoms with Crippen molar-refractivity contribution < 1.29 is 15.0 Å². The smallest absolute Gasteiger partial charge is 0.319 e. The SMILES string of the molecule is O=C(NCC(O)CO)Nc1cccc(C#Cc2ccccc2)c1. The lowest BCUT2D eigenvalue weighted by molar-refractivity contribution is 0.0965. The van der Waals surface area contributed by atoms with Gasteiger partial charge in [0.1, 0.15) is 0 Å². The second-order valence-corrected chi connectivity index (χ2v) is 4.87. The van der Waals surface area contributed by atoms with E-state index < -0.39 is 18.7 Å². The Balaban J connectivity index is 1.97. The molecule has 4 N–H and O–H groups in total. The molecule has 0 aliphatic carbocycles. The molecule has 0 bridgehead atoms. The molecule has 1 atom stereocenters. The number of hydrogen-bond donors (Lipinski definition) is 4. The second-order valence-electron chi connectivity index (χ2n) is 4.87. The molecule has 0 saturated carbocycles. The fourth-order valence-corrected chi connectivity index (χ4v) is 1.79. The van der Waals surface area contributed by atoms with Crippen LogP contribution in [0.15, 0.2) is 54.6 Å². The van der Waals surface area contributed by atoms with Gasteiger partial charge in [0.25, 0.3) is 0 Å². The minimum atomic E-state index is -0.969. The maximum Gasteiger partial charge on any atom is 0.319 e. The monoisotopic (exact) mass is 310 g/mol. The Kier molecular flexibility index (Phi) is 6.18. The first-order valence-corrected chi connectivity index (χ1v) is 7.18. The summed E-state index contributed by atoms with van der Waals surface area (Å²) in [4.78, 5) is 11.7. The molecule has 0 aromatic heterocycles. The van der Waals surface area contributed by atoms with Crippen molar-refractivity contribution in [3.63, 3.8) is 0 Å². The Morgan fingerprint density at radius 2 is 1.74 bits per heavy atom. The Labute approximate surface area is 135 Å². The molecule has 5 nitrogen and oxygen atoms in total. The first-order chi connectivity index (χ1) is 11.2. The van der Waals surface area contributed by atoms with Gasteiger partial charge in [-0.2, -0.15) is 0 Å². The molecule has 0 aliphatic heterocycles. The van der Waals surface area contributed by atoms with Gasteiger partial charge in [-0.15, -0.1) is 0 Å². The second kappa shape index (κ2) is 8.59. The van der Waals surface area contributed by atoms with Crippen molar-refractivity contribution in [3.8, 4) is 11.8 Å². The lowest BCUT2D eigenvalue weighted by Crippen LogP contribution is -2.36. The quantitative estimate of drug-likeness (QED) is 0.647. The van der Waals surface area contributed by atoms with Gasteiger partial charge in [0, 0.05) is 23.4 Å². The van der Waals surface area contributed by atoms with E-state index in [1.54, 1.807) is 18.2 Å². The summed E-state index contributed by atoms with van der Waals surface area (Å²) in [5.41, 5.74) is 2.30. The lowest BCUT2D eigenvalue weighted by Gasteiger charge is -2.10. The molecule has 0 spiro atoms. The van der Waals surface area contributed by atoms with Gasteiger partial charge < -0.3 is 20.8 Å². The van der Waals surface area contributed by atoms with Crippen LogP contribution in [0.5, 0.6) is 0 Å². The average molecular weight is 310 g/mol. The van der Waals surface area contributed by atoms with Gasteiger partial charge in [-0.25, -0.2) is 4.79 Å². The topological polar surface area (TPSA) is 81.6 Å². The van der Waals surface area contributed by atoms with E-state index in [0.29, 0.717) is 5.69 Å². The molecule has 0 saturated heterocycles. The first-order valence-electron chi connectivity index (χ1n) is 7.18. The number of urea groups is 1. The maximum atomic E-state index is 11.7. The molecule has 2 amide bonds. The van der Waals surface area contributed by atoms with Gasteiger partial charge in [0.05, 0.1) is 12.7 Å². The zero-order chi connectivity index (χ0) is 16.5. The Morgan fingerprint density at radius 3 is 2.48 bits per heavy atom. The normalized spacial score (nSPS) is 11.0. The molecule has 2 aromatic carbocycles. The van der Waals surface area contributed by atoms with E-state index in [0.717, 1.165) is 11.1 Å². The van der Waals surface area contributed by atoms with E-state index in [2.05, 4.69) is 22.5 Å². The van der Waals surface area contributed by atoms with E-state index in [4.69, 9.17) is 5.11 Å². The average Bonchev–Trinajstić information content (AvgIpc) is 2.59. The molecular weight excluding hydrogens is 292 g/mol. The van der Waals surface area contributed by atoms with Crippen LogP contribution in [0.25, 0.3) is 0 Å². The van der Waals surface area contributed by atoms with Crippen LogP contribution in [-0.4, -0.2) is 35.5 Å². The van der Waals surface area contributed by atoms with Crippen LogP contribution in [0.1, 0.15) is 11.1 Å². The van der Waals surface area contributed by atoms with Crippen molar-refractivity contribution in [3.05, 3.63) is 65.7 Å². The van der Waals surface area contributed by atoms with E-state index in [9.17, 15) is 9.90 Å². The van der Waals surface area contributed by atoms with Gasteiger partial charge in [-0.05, 0) is 30.3 Å². The Bertz CT molecular complexity index is 705. The summed E-state index contributed by atoms with van der Waals surface area (Å²) in [5, 5.41) is 23.0. The highest BCUT2D eigenvalue weighted by atomic mass is 16.3. The van der Waals surface area contributed by atoms with Crippen molar-refractivity contribution in [2.75, 3.05) is 18.5 Å². The van der Waals surface area contributed by atoms with Crippen LogP contribution in [0.2, 0.25) is 0 Å². The molecule has 0 heterocycles. The van der Waals surface area contributed by atoms with E-state index in [1.807, 2.05) is 36.4 Å². The molecule has 0 radical (unpaired) electrons. The van der Waals surface area contributed by atoms with E-state index in [1.165, 1.54) is 0 Å². The number of anilines is 1. The number of rotatable bonds is 4. The predicted molar refractivity (Wildman–Crippen MR) is 89.0 cm³/mol. The largest absolute Gasteiger partial charge is 0.394 e. The van der Waals surface area contributed by atoms with Gasteiger partial charge in [0.15, 0.2) is 0 Å². The minimum Gasteiger partial charge on any atom is -0.394 e. The highest BCUT2D eigenvalue weighted by Gasteiger charge is 2.05. The van der Waals surface area contributed by atoms with Crippen molar-refractivity contribution in [1.82, 2.24) is 5.32 Å². The molecule has 1 unspecified atom stereocenters. The van der Waals surface area contributed by atoms with Crippen LogP contribution in [0, 0.1) is 11.8 Å². The number of aliphatic hydroxyl groups excluding tert-OH is 2. The van der Waals surface area contributed by atoms with Gasteiger partial charge in [-0.1, -0.05) is 36.1 Å². The number of carbonyl (C=O) groups excluding carboxylic acids is 1. The predicted octanol–water partition coefficient (Wildman–Crippen LogP) is 1.56. The third-order valence-electron chi connectivity index (χ3n) is 2.95. The number of hydrogen-bond acceptors (Lipinski definition) is 3. The van der Waals surface area contributed by atoms with Crippen LogP contribution in [-0.2, 0) is 0 Å². The fourth-order valence-electron chi connectivity index (χ4n) is 1.79. The zero-order valence-corrected chi connectivity index (χ0v) is 12.5. The molecule has 0 fully saturated rings. The molecule has 118 valence electrons. The van der Waals surface area contributed by atoms with Crippen LogP contribution in [0.3, 0.4) is 0 Å². The number of amides is 2.